The number of aromatic nitrogens is 1. The zero-order chi connectivity index (χ0) is 19.9. The topological polar surface area (TPSA) is 35.8 Å². The molecular weight excluding hydrogens is 372 g/mol. The van der Waals surface area contributed by atoms with Crippen LogP contribution in [0, 0.1) is 5.92 Å². The lowest BCUT2D eigenvalue weighted by Gasteiger charge is -2.17. The van der Waals surface area contributed by atoms with Crippen molar-refractivity contribution in [1.29, 1.82) is 0 Å². The molecule has 3 aromatic carbocycles. The number of rotatable bonds is 3. The Hall–Kier alpha value is -3.53. The van der Waals surface area contributed by atoms with E-state index in [1.54, 1.807) is 0 Å². The number of benzene rings is 3. The standard InChI is InChI=1S/C26H22N2O2/c1-2-8-18(9-3-1)14-28-15-22(20-10-4-6-12-23(20)28)25-21-11-5-7-13-24(21)29-16-19-17-30-27-26(19)25/h1-13,15,19,25H,14,16-17H2/t19-,25-/m1/s1. The molecule has 148 valence electrons. The van der Waals surface area contributed by atoms with Crippen LogP contribution in [0.2, 0.25) is 0 Å². The summed E-state index contributed by atoms with van der Waals surface area (Å²) >= 11 is 0. The van der Waals surface area contributed by atoms with Crippen molar-refractivity contribution in [2.45, 2.75) is 12.5 Å². The quantitative estimate of drug-likeness (QED) is 0.478. The molecule has 0 aliphatic carbocycles. The highest BCUT2D eigenvalue weighted by atomic mass is 16.6. The maximum atomic E-state index is 6.16. The number of nitrogens with zero attached hydrogens (tertiary/aromatic N) is 2. The third kappa shape index (κ3) is 2.79. The first-order valence-corrected chi connectivity index (χ1v) is 10.4. The van der Waals surface area contributed by atoms with Gasteiger partial charge in [0, 0.05) is 29.2 Å². The van der Waals surface area contributed by atoms with Gasteiger partial charge in [-0.15, -0.1) is 0 Å². The zero-order valence-corrected chi connectivity index (χ0v) is 16.6. The Bertz CT molecular complexity index is 1240. The summed E-state index contributed by atoms with van der Waals surface area (Å²) in [6.45, 7) is 2.02. The van der Waals surface area contributed by atoms with Crippen molar-refractivity contribution in [2.75, 3.05) is 13.2 Å². The van der Waals surface area contributed by atoms with Crippen molar-refractivity contribution >= 4 is 16.6 Å². The molecule has 2 atom stereocenters. The highest BCUT2D eigenvalue weighted by Crippen LogP contribution is 2.42. The first kappa shape index (κ1) is 17.3. The van der Waals surface area contributed by atoms with Gasteiger partial charge in [0.05, 0.1) is 24.2 Å². The molecule has 2 aliphatic rings. The van der Waals surface area contributed by atoms with Crippen molar-refractivity contribution in [1.82, 2.24) is 4.57 Å². The van der Waals surface area contributed by atoms with E-state index in [-0.39, 0.29) is 11.8 Å². The van der Waals surface area contributed by atoms with Gasteiger partial charge in [-0.3, -0.25) is 0 Å². The molecule has 6 rings (SSSR count). The Morgan fingerprint density at radius 2 is 1.63 bits per heavy atom. The molecule has 0 unspecified atom stereocenters. The maximum Gasteiger partial charge on any atom is 0.128 e. The van der Waals surface area contributed by atoms with E-state index in [1.165, 1.54) is 22.0 Å². The zero-order valence-electron chi connectivity index (χ0n) is 16.6. The lowest BCUT2D eigenvalue weighted by Crippen LogP contribution is -2.23. The molecule has 4 aromatic rings. The van der Waals surface area contributed by atoms with Gasteiger partial charge < -0.3 is 14.1 Å². The van der Waals surface area contributed by atoms with Crippen LogP contribution < -0.4 is 4.74 Å². The minimum Gasteiger partial charge on any atom is -0.492 e. The number of oxime groups is 1. The van der Waals surface area contributed by atoms with Gasteiger partial charge in [-0.05, 0) is 23.3 Å². The predicted molar refractivity (Wildman–Crippen MR) is 118 cm³/mol. The van der Waals surface area contributed by atoms with Gasteiger partial charge in [0.1, 0.15) is 12.4 Å². The molecule has 0 saturated carbocycles. The molecular formula is C26H22N2O2. The Morgan fingerprint density at radius 3 is 2.57 bits per heavy atom. The van der Waals surface area contributed by atoms with Gasteiger partial charge in [-0.1, -0.05) is 71.9 Å². The molecule has 3 heterocycles. The average molecular weight is 394 g/mol. The van der Waals surface area contributed by atoms with Crippen LogP contribution in [-0.2, 0) is 11.4 Å². The van der Waals surface area contributed by atoms with Crippen molar-refractivity contribution in [2.24, 2.45) is 11.1 Å². The fourth-order valence-corrected chi connectivity index (χ4v) is 4.73. The lowest BCUT2D eigenvalue weighted by atomic mass is 9.82. The van der Waals surface area contributed by atoms with Crippen LogP contribution in [0.4, 0.5) is 0 Å². The van der Waals surface area contributed by atoms with Crippen molar-refractivity contribution in [3.8, 4) is 5.75 Å². The summed E-state index contributed by atoms with van der Waals surface area (Å²) in [5.74, 6) is 1.15. The first-order chi connectivity index (χ1) is 14.9. The minimum absolute atomic E-state index is 0.0260. The molecule has 0 spiro atoms. The molecule has 0 saturated heterocycles. The number of hydrogen-bond acceptors (Lipinski definition) is 3. The lowest BCUT2D eigenvalue weighted by molar-refractivity contribution is 0.137. The SMILES string of the molecule is c1ccc(Cn2cc([C@@H]3C4=NOC[C@H]4COc4ccccc43)c3ccccc32)cc1. The van der Waals surface area contributed by atoms with E-state index < -0.39 is 0 Å². The number of hydrogen-bond donors (Lipinski definition) is 0. The summed E-state index contributed by atoms with van der Waals surface area (Å²) in [4.78, 5) is 5.53. The molecule has 0 fully saturated rings. The average Bonchev–Trinajstić information content (AvgIpc) is 3.36. The predicted octanol–water partition coefficient (Wildman–Crippen LogP) is 5.22. The summed E-state index contributed by atoms with van der Waals surface area (Å²) < 4.78 is 8.51. The summed E-state index contributed by atoms with van der Waals surface area (Å²) in [5, 5.41) is 5.76. The smallest absolute Gasteiger partial charge is 0.128 e. The van der Waals surface area contributed by atoms with E-state index in [4.69, 9.17) is 9.57 Å². The van der Waals surface area contributed by atoms with Gasteiger partial charge in [-0.2, -0.15) is 0 Å². The highest BCUT2D eigenvalue weighted by molar-refractivity contribution is 6.01. The van der Waals surface area contributed by atoms with Crippen molar-refractivity contribution < 1.29 is 9.57 Å². The number of fused-ring (bicyclic) bond motifs is 3. The Balaban J connectivity index is 1.55. The largest absolute Gasteiger partial charge is 0.492 e. The normalized spacial score (nSPS) is 19.9. The molecule has 1 aromatic heterocycles. The molecule has 4 nitrogen and oxygen atoms in total. The maximum absolute atomic E-state index is 6.16. The van der Waals surface area contributed by atoms with Crippen LogP contribution in [-0.4, -0.2) is 23.5 Å². The first-order valence-electron chi connectivity index (χ1n) is 10.4. The number of ether oxygens (including phenoxy) is 1. The van der Waals surface area contributed by atoms with E-state index >= 15 is 0 Å². The van der Waals surface area contributed by atoms with Gasteiger partial charge >= 0.3 is 0 Å². The second kappa shape index (κ2) is 7.06. The second-order valence-electron chi connectivity index (χ2n) is 8.01. The Labute approximate surface area is 175 Å². The van der Waals surface area contributed by atoms with Gasteiger partial charge in [-0.25, -0.2) is 0 Å². The molecule has 0 bridgehead atoms. The molecule has 4 heteroatoms. The van der Waals surface area contributed by atoms with Crippen LogP contribution in [0.5, 0.6) is 5.75 Å². The van der Waals surface area contributed by atoms with Gasteiger partial charge in [0.15, 0.2) is 0 Å². The second-order valence-corrected chi connectivity index (χ2v) is 8.01. The van der Waals surface area contributed by atoms with Crippen LogP contribution in [0.25, 0.3) is 10.9 Å². The summed E-state index contributed by atoms with van der Waals surface area (Å²) in [6.07, 6.45) is 2.29. The molecule has 0 N–H and O–H groups in total. The monoisotopic (exact) mass is 394 g/mol. The van der Waals surface area contributed by atoms with E-state index in [2.05, 4.69) is 88.7 Å². The molecule has 2 aliphatic heterocycles. The van der Waals surface area contributed by atoms with Crippen molar-refractivity contribution in [3.05, 3.63) is 102 Å². The van der Waals surface area contributed by atoms with Crippen LogP contribution in [0.1, 0.15) is 22.6 Å². The summed E-state index contributed by atoms with van der Waals surface area (Å²) in [6, 6.07) is 27.6. The van der Waals surface area contributed by atoms with Crippen LogP contribution >= 0.6 is 0 Å². The van der Waals surface area contributed by atoms with Crippen LogP contribution in [0.15, 0.2) is 90.2 Å². The van der Waals surface area contributed by atoms with E-state index in [1.807, 2.05) is 6.07 Å². The Morgan fingerprint density at radius 1 is 0.833 bits per heavy atom. The molecule has 30 heavy (non-hydrogen) atoms. The van der Waals surface area contributed by atoms with Gasteiger partial charge in [0.25, 0.3) is 0 Å². The van der Waals surface area contributed by atoms with Crippen molar-refractivity contribution in [3.63, 3.8) is 0 Å². The fraction of sp³-hybridized carbons (Fsp3) is 0.192. The van der Waals surface area contributed by atoms with E-state index in [0.29, 0.717) is 13.2 Å². The van der Waals surface area contributed by atoms with Crippen LogP contribution in [0.3, 0.4) is 0 Å². The Kier molecular flexibility index (Phi) is 4.08. The van der Waals surface area contributed by atoms with E-state index in [9.17, 15) is 0 Å². The van der Waals surface area contributed by atoms with Gasteiger partial charge in [0.2, 0.25) is 0 Å². The number of para-hydroxylation sites is 2. The van der Waals surface area contributed by atoms with E-state index in [0.717, 1.165) is 23.6 Å². The third-order valence-corrected chi connectivity index (χ3v) is 6.16. The minimum atomic E-state index is 0.0260. The summed E-state index contributed by atoms with van der Waals surface area (Å²) in [5.41, 5.74) is 6.01. The third-order valence-electron chi connectivity index (χ3n) is 6.16. The summed E-state index contributed by atoms with van der Waals surface area (Å²) in [7, 11) is 0. The highest BCUT2D eigenvalue weighted by Gasteiger charge is 2.38. The molecule has 0 radical (unpaired) electrons. The fourth-order valence-electron chi connectivity index (χ4n) is 4.73. The molecule has 0 amide bonds.